The first-order valence-electron chi connectivity index (χ1n) is 6.40. The van der Waals surface area contributed by atoms with Gasteiger partial charge in [0.1, 0.15) is 0 Å². The lowest BCUT2D eigenvalue weighted by molar-refractivity contribution is -0.140. The molecule has 0 amide bonds. The SMILES string of the molecule is COC(=O)CCCCCCCCC=CC(C)=O. The van der Waals surface area contributed by atoms with E-state index in [-0.39, 0.29) is 11.8 Å². The molecule has 98 valence electrons. The largest absolute Gasteiger partial charge is 0.469 e. The van der Waals surface area contributed by atoms with E-state index in [9.17, 15) is 9.59 Å². The number of methoxy groups -OCH3 is 1. The molecule has 0 radical (unpaired) electrons. The van der Waals surface area contributed by atoms with E-state index in [1.165, 1.54) is 26.4 Å². The van der Waals surface area contributed by atoms with Crippen LogP contribution in [0.1, 0.15) is 58.3 Å². The molecule has 0 aliphatic heterocycles. The quantitative estimate of drug-likeness (QED) is 0.334. The Morgan fingerprint density at radius 3 is 2.18 bits per heavy atom. The molecule has 0 bridgehead atoms. The molecule has 0 aliphatic rings. The summed E-state index contributed by atoms with van der Waals surface area (Å²) >= 11 is 0. The molecule has 0 spiro atoms. The fraction of sp³-hybridized carbons (Fsp3) is 0.714. The number of ketones is 1. The zero-order valence-electron chi connectivity index (χ0n) is 11.0. The summed E-state index contributed by atoms with van der Waals surface area (Å²) in [6.07, 6.45) is 11.8. The van der Waals surface area contributed by atoms with Gasteiger partial charge in [-0.1, -0.05) is 31.8 Å². The highest BCUT2D eigenvalue weighted by Gasteiger charge is 1.98. The smallest absolute Gasteiger partial charge is 0.305 e. The predicted molar refractivity (Wildman–Crippen MR) is 68.8 cm³/mol. The van der Waals surface area contributed by atoms with E-state index in [0.29, 0.717) is 6.42 Å². The van der Waals surface area contributed by atoms with Gasteiger partial charge in [-0.3, -0.25) is 9.59 Å². The zero-order chi connectivity index (χ0) is 12.9. The highest BCUT2D eigenvalue weighted by atomic mass is 16.5. The average Bonchev–Trinajstić information content (AvgIpc) is 2.30. The normalized spacial score (nSPS) is 10.7. The summed E-state index contributed by atoms with van der Waals surface area (Å²) in [4.78, 5) is 21.4. The third-order valence-electron chi connectivity index (χ3n) is 2.58. The van der Waals surface area contributed by atoms with E-state index in [1.807, 2.05) is 6.08 Å². The molecular weight excluding hydrogens is 216 g/mol. The first-order valence-corrected chi connectivity index (χ1v) is 6.40. The predicted octanol–water partition coefficient (Wildman–Crippen LogP) is 3.43. The van der Waals surface area contributed by atoms with Crippen molar-refractivity contribution in [3.63, 3.8) is 0 Å². The molecule has 3 nitrogen and oxygen atoms in total. The zero-order valence-corrected chi connectivity index (χ0v) is 11.0. The number of hydrogen-bond donors (Lipinski definition) is 0. The van der Waals surface area contributed by atoms with Crippen molar-refractivity contribution in [2.24, 2.45) is 0 Å². The van der Waals surface area contributed by atoms with E-state index >= 15 is 0 Å². The van der Waals surface area contributed by atoms with Crippen molar-refractivity contribution in [1.82, 2.24) is 0 Å². The van der Waals surface area contributed by atoms with Crippen molar-refractivity contribution < 1.29 is 14.3 Å². The van der Waals surface area contributed by atoms with Crippen LogP contribution in [0.15, 0.2) is 12.2 Å². The number of carbonyl (C=O) groups excluding carboxylic acids is 2. The van der Waals surface area contributed by atoms with Crippen molar-refractivity contribution in [2.75, 3.05) is 7.11 Å². The summed E-state index contributed by atoms with van der Waals surface area (Å²) < 4.78 is 4.57. The fourth-order valence-electron chi connectivity index (χ4n) is 1.59. The van der Waals surface area contributed by atoms with E-state index in [1.54, 1.807) is 13.0 Å². The highest BCUT2D eigenvalue weighted by molar-refractivity contribution is 5.87. The van der Waals surface area contributed by atoms with Gasteiger partial charge < -0.3 is 4.74 Å². The minimum atomic E-state index is -0.112. The number of unbranched alkanes of at least 4 members (excludes halogenated alkanes) is 6. The van der Waals surface area contributed by atoms with Crippen LogP contribution in [0, 0.1) is 0 Å². The molecule has 0 aromatic rings. The Hall–Kier alpha value is -1.12. The summed E-state index contributed by atoms with van der Waals surface area (Å²) in [5, 5.41) is 0. The average molecular weight is 240 g/mol. The Morgan fingerprint density at radius 1 is 1.00 bits per heavy atom. The Labute approximate surface area is 104 Å². The van der Waals surface area contributed by atoms with Crippen molar-refractivity contribution in [2.45, 2.75) is 58.3 Å². The summed E-state index contributed by atoms with van der Waals surface area (Å²) in [6.45, 7) is 1.57. The molecule has 0 aliphatic carbocycles. The lowest BCUT2D eigenvalue weighted by Gasteiger charge is -2.00. The maximum absolute atomic E-state index is 10.8. The van der Waals surface area contributed by atoms with Crippen molar-refractivity contribution >= 4 is 11.8 Å². The maximum atomic E-state index is 10.8. The lowest BCUT2D eigenvalue weighted by Crippen LogP contribution is -1.99. The van der Waals surface area contributed by atoms with E-state index in [2.05, 4.69) is 4.74 Å². The summed E-state index contributed by atoms with van der Waals surface area (Å²) in [7, 11) is 1.43. The molecule has 0 aromatic carbocycles. The maximum Gasteiger partial charge on any atom is 0.305 e. The van der Waals surface area contributed by atoms with Gasteiger partial charge in [0, 0.05) is 6.42 Å². The first kappa shape index (κ1) is 15.9. The summed E-state index contributed by atoms with van der Waals surface area (Å²) in [6, 6.07) is 0. The Bertz CT molecular complexity index is 244. The van der Waals surface area contributed by atoms with Gasteiger partial charge in [-0.15, -0.1) is 0 Å². The molecule has 0 saturated carbocycles. The number of carbonyl (C=O) groups is 2. The van der Waals surface area contributed by atoms with Crippen LogP contribution in [0.5, 0.6) is 0 Å². The number of hydrogen-bond acceptors (Lipinski definition) is 3. The second-order valence-electron chi connectivity index (χ2n) is 4.25. The fourth-order valence-corrected chi connectivity index (χ4v) is 1.59. The Morgan fingerprint density at radius 2 is 1.59 bits per heavy atom. The molecule has 0 atom stereocenters. The molecule has 0 saturated heterocycles. The molecule has 0 N–H and O–H groups in total. The van der Waals surface area contributed by atoms with Crippen LogP contribution in [0.2, 0.25) is 0 Å². The van der Waals surface area contributed by atoms with E-state index < -0.39 is 0 Å². The van der Waals surface area contributed by atoms with Gasteiger partial charge in [0.05, 0.1) is 7.11 Å². The van der Waals surface area contributed by atoms with Crippen LogP contribution in [0.25, 0.3) is 0 Å². The Balaban J connectivity index is 3.14. The number of rotatable bonds is 10. The lowest BCUT2D eigenvalue weighted by atomic mass is 10.1. The van der Waals surface area contributed by atoms with Crippen LogP contribution < -0.4 is 0 Å². The summed E-state index contributed by atoms with van der Waals surface area (Å²) in [5.41, 5.74) is 0. The third kappa shape index (κ3) is 12.8. The number of esters is 1. The van der Waals surface area contributed by atoms with Gasteiger partial charge in [-0.2, -0.15) is 0 Å². The Kier molecular flexibility index (Phi) is 10.6. The van der Waals surface area contributed by atoms with E-state index in [0.717, 1.165) is 25.7 Å². The van der Waals surface area contributed by atoms with Crippen molar-refractivity contribution in [3.8, 4) is 0 Å². The molecule has 0 fully saturated rings. The molecular formula is C14H24O3. The third-order valence-corrected chi connectivity index (χ3v) is 2.58. The van der Waals surface area contributed by atoms with Crippen LogP contribution in [0.4, 0.5) is 0 Å². The number of allylic oxidation sites excluding steroid dienone is 2. The molecule has 0 aromatic heterocycles. The molecule has 0 rings (SSSR count). The van der Waals surface area contributed by atoms with E-state index in [4.69, 9.17) is 0 Å². The second-order valence-corrected chi connectivity index (χ2v) is 4.25. The van der Waals surface area contributed by atoms with Gasteiger partial charge in [0.15, 0.2) is 5.78 Å². The van der Waals surface area contributed by atoms with Gasteiger partial charge in [-0.25, -0.2) is 0 Å². The minimum Gasteiger partial charge on any atom is -0.469 e. The first-order chi connectivity index (χ1) is 8.16. The van der Waals surface area contributed by atoms with Crippen molar-refractivity contribution in [1.29, 1.82) is 0 Å². The number of ether oxygens (including phenoxy) is 1. The van der Waals surface area contributed by atoms with Gasteiger partial charge in [-0.05, 0) is 32.3 Å². The van der Waals surface area contributed by atoms with Crippen LogP contribution in [0.3, 0.4) is 0 Å². The monoisotopic (exact) mass is 240 g/mol. The molecule has 0 heterocycles. The molecule has 17 heavy (non-hydrogen) atoms. The minimum absolute atomic E-state index is 0.112. The van der Waals surface area contributed by atoms with Crippen LogP contribution >= 0.6 is 0 Å². The van der Waals surface area contributed by atoms with Crippen molar-refractivity contribution in [3.05, 3.63) is 12.2 Å². The second kappa shape index (κ2) is 11.4. The molecule has 0 unspecified atom stereocenters. The molecule has 3 heteroatoms. The highest BCUT2D eigenvalue weighted by Crippen LogP contribution is 2.09. The van der Waals surface area contributed by atoms with Gasteiger partial charge in [0.2, 0.25) is 0 Å². The van der Waals surface area contributed by atoms with Gasteiger partial charge >= 0.3 is 5.97 Å². The standard InChI is InChI=1S/C14H24O3/c1-13(15)11-9-7-5-3-4-6-8-10-12-14(16)17-2/h9,11H,3-8,10,12H2,1-2H3. The topological polar surface area (TPSA) is 43.4 Å². The van der Waals surface area contributed by atoms with Gasteiger partial charge in [0.25, 0.3) is 0 Å². The van der Waals surface area contributed by atoms with Crippen LogP contribution in [-0.4, -0.2) is 18.9 Å². The van der Waals surface area contributed by atoms with Crippen LogP contribution in [-0.2, 0) is 14.3 Å². The summed E-state index contributed by atoms with van der Waals surface area (Å²) in [5.74, 6) is 0.00665.